The lowest BCUT2D eigenvalue weighted by molar-refractivity contribution is 0.368. The lowest BCUT2D eigenvalue weighted by Crippen LogP contribution is -2.01. The van der Waals surface area contributed by atoms with Gasteiger partial charge in [0, 0.05) is 0 Å². The van der Waals surface area contributed by atoms with Crippen LogP contribution < -0.4 is 0 Å². The Morgan fingerprint density at radius 3 is 1.41 bits per heavy atom. The quantitative estimate of drug-likeness (QED) is 0.127. The second kappa shape index (κ2) is 20.5. The zero-order valence-corrected chi connectivity index (χ0v) is 20.0. The van der Waals surface area contributed by atoms with Crippen molar-refractivity contribution < 1.29 is 0 Å². The molecule has 0 fully saturated rings. The Bertz CT molecular complexity index is 376. The fourth-order valence-corrected chi connectivity index (χ4v) is 4.51. The number of rotatable bonds is 22. The van der Waals surface area contributed by atoms with Gasteiger partial charge in [0.2, 0.25) is 6.17 Å². The van der Waals surface area contributed by atoms with Crippen LogP contribution >= 0.6 is 0 Å². The molecule has 0 aromatic rings. The van der Waals surface area contributed by atoms with Crippen LogP contribution in [0.3, 0.4) is 0 Å². The standard InChI is InChI=1S/C27H51N2/c1-3-5-7-8-9-10-11-12-13-14-17-21-26(20-16-6-4-2)22-18-15-19-23-27-28-24-25-29-27/h24-26H,3-23H2,1-2H3/q+1. The first kappa shape index (κ1) is 26.2. The summed E-state index contributed by atoms with van der Waals surface area (Å²) in [6, 6.07) is 0. The molecule has 1 atom stereocenters. The average Bonchev–Trinajstić information content (AvgIpc) is 3.25. The van der Waals surface area contributed by atoms with Gasteiger partial charge in [-0.05, 0) is 12.3 Å². The molecular weight excluding hydrogens is 352 g/mol. The van der Waals surface area contributed by atoms with E-state index in [1.165, 1.54) is 128 Å². The molecule has 1 aliphatic rings. The van der Waals surface area contributed by atoms with Crippen molar-refractivity contribution in [3.8, 4) is 0 Å². The normalized spacial score (nSPS) is 14.2. The fourth-order valence-electron chi connectivity index (χ4n) is 4.51. The molecule has 1 heterocycles. The highest BCUT2D eigenvalue weighted by molar-refractivity contribution is 6.18. The monoisotopic (exact) mass is 403 g/mol. The molecule has 0 spiro atoms. The van der Waals surface area contributed by atoms with Crippen molar-refractivity contribution in [3.05, 3.63) is 6.17 Å². The second-order valence-corrected chi connectivity index (χ2v) is 9.26. The smallest absolute Gasteiger partial charge is 0.0968 e. The maximum Gasteiger partial charge on any atom is 0.240 e. The van der Waals surface area contributed by atoms with E-state index in [1.807, 2.05) is 12.4 Å². The number of hydrogen-bond acceptors (Lipinski definition) is 2. The highest BCUT2D eigenvalue weighted by Crippen LogP contribution is 2.25. The van der Waals surface area contributed by atoms with Crippen LogP contribution in [0.15, 0.2) is 9.98 Å². The minimum Gasteiger partial charge on any atom is -0.0968 e. The summed E-state index contributed by atoms with van der Waals surface area (Å²) in [7, 11) is 0. The molecule has 0 aromatic heterocycles. The summed E-state index contributed by atoms with van der Waals surface area (Å²) in [4.78, 5) is 8.56. The first-order valence-electron chi connectivity index (χ1n) is 13.3. The van der Waals surface area contributed by atoms with Gasteiger partial charge in [-0.3, -0.25) is 0 Å². The van der Waals surface area contributed by atoms with Gasteiger partial charge in [-0.1, -0.05) is 146 Å². The Morgan fingerprint density at radius 2 is 0.897 bits per heavy atom. The summed E-state index contributed by atoms with van der Waals surface area (Å²) in [5, 5.41) is 0. The summed E-state index contributed by atoms with van der Waals surface area (Å²) >= 11 is 0. The van der Waals surface area contributed by atoms with E-state index in [1.54, 1.807) is 0 Å². The van der Waals surface area contributed by atoms with E-state index >= 15 is 0 Å². The van der Waals surface area contributed by atoms with E-state index in [-0.39, 0.29) is 0 Å². The molecule has 0 saturated heterocycles. The Kier molecular flexibility index (Phi) is 18.5. The molecule has 0 amide bonds. The first-order chi connectivity index (χ1) is 14.4. The van der Waals surface area contributed by atoms with E-state index in [4.69, 9.17) is 0 Å². The molecule has 0 N–H and O–H groups in total. The molecule has 168 valence electrons. The Morgan fingerprint density at radius 1 is 0.517 bits per heavy atom. The van der Waals surface area contributed by atoms with Gasteiger partial charge in [-0.2, -0.15) is 0 Å². The van der Waals surface area contributed by atoms with Crippen molar-refractivity contribution in [1.29, 1.82) is 0 Å². The molecule has 0 aromatic carbocycles. The number of nitrogens with zero attached hydrogens (tertiary/aromatic N) is 2. The number of aliphatic imine (C=N–C) groups is 2. The summed E-state index contributed by atoms with van der Waals surface area (Å²) < 4.78 is 0. The van der Waals surface area contributed by atoms with Crippen LogP contribution in [0.4, 0.5) is 0 Å². The van der Waals surface area contributed by atoms with Crippen LogP contribution in [-0.4, -0.2) is 12.4 Å². The topological polar surface area (TPSA) is 24.7 Å². The van der Waals surface area contributed by atoms with Crippen LogP contribution in [0.25, 0.3) is 0 Å². The lowest BCUT2D eigenvalue weighted by Gasteiger charge is -2.17. The van der Waals surface area contributed by atoms with Gasteiger partial charge in [0.1, 0.15) is 0 Å². The van der Waals surface area contributed by atoms with E-state index in [2.05, 4.69) is 23.8 Å². The molecular formula is C27H51N2+. The maximum absolute atomic E-state index is 4.28. The zero-order chi connectivity index (χ0) is 20.8. The van der Waals surface area contributed by atoms with Gasteiger partial charge in [0.15, 0.2) is 12.4 Å². The van der Waals surface area contributed by atoms with Crippen molar-refractivity contribution >= 4 is 12.4 Å². The largest absolute Gasteiger partial charge is 0.240 e. The van der Waals surface area contributed by atoms with Crippen molar-refractivity contribution in [2.45, 2.75) is 149 Å². The van der Waals surface area contributed by atoms with Gasteiger partial charge in [-0.15, -0.1) is 0 Å². The molecule has 29 heavy (non-hydrogen) atoms. The number of hydrogen-bond donors (Lipinski definition) is 0. The van der Waals surface area contributed by atoms with Crippen molar-refractivity contribution in [3.63, 3.8) is 0 Å². The molecule has 0 radical (unpaired) electrons. The molecule has 2 heteroatoms. The Labute approximate surface area is 183 Å². The van der Waals surface area contributed by atoms with E-state index < -0.39 is 0 Å². The minimum absolute atomic E-state index is 0.982. The van der Waals surface area contributed by atoms with Crippen molar-refractivity contribution in [1.82, 2.24) is 0 Å². The van der Waals surface area contributed by atoms with E-state index in [9.17, 15) is 0 Å². The zero-order valence-electron chi connectivity index (χ0n) is 20.0. The van der Waals surface area contributed by atoms with Gasteiger partial charge < -0.3 is 0 Å². The third kappa shape index (κ3) is 16.7. The van der Waals surface area contributed by atoms with Crippen molar-refractivity contribution in [2.75, 3.05) is 0 Å². The molecule has 1 rings (SSSR count). The third-order valence-electron chi connectivity index (χ3n) is 6.46. The molecule has 1 unspecified atom stereocenters. The molecule has 0 aliphatic carbocycles. The van der Waals surface area contributed by atoms with Gasteiger partial charge in [0.05, 0.1) is 6.42 Å². The van der Waals surface area contributed by atoms with Crippen LogP contribution in [0.5, 0.6) is 0 Å². The summed E-state index contributed by atoms with van der Waals surface area (Å²) in [5.74, 6) is 0.982. The number of unbranched alkanes of at least 4 members (excludes halogenated alkanes) is 14. The predicted molar refractivity (Wildman–Crippen MR) is 132 cm³/mol. The van der Waals surface area contributed by atoms with Gasteiger partial charge >= 0.3 is 0 Å². The molecule has 0 bridgehead atoms. The van der Waals surface area contributed by atoms with Crippen LogP contribution in [0, 0.1) is 12.1 Å². The predicted octanol–water partition coefficient (Wildman–Crippen LogP) is 9.48. The highest BCUT2D eigenvalue weighted by atomic mass is 15.0. The lowest BCUT2D eigenvalue weighted by atomic mass is 9.89. The highest BCUT2D eigenvalue weighted by Gasteiger charge is 2.15. The second-order valence-electron chi connectivity index (χ2n) is 9.26. The molecule has 1 aliphatic heterocycles. The minimum atomic E-state index is 0.982. The van der Waals surface area contributed by atoms with Crippen LogP contribution in [-0.2, 0) is 0 Å². The van der Waals surface area contributed by atoms with Crippen LogP contribution in [0.1, 0.15) is 149 Å². The van der Waals surface area contributed by atoms with Gasteiger partial charge in [0.25, 0.3) is 0 Å². The Balaban J connectivity index is 1.98. The summed E-state index contributed by atoms with van der Waals surface area (Å²) in [6.45, 7) is 4.63. The van der Waals surface area contributed by atoms with E-state index in [0.717, 1.165) is 18.5 Å². The summed E-state index contributed by atoms with van der Waals surface area (Å²) in [6.07, 6.45) is 34.3. The van der Waals surface area contributed by atoms with Crippen molar-refractivity contribution in [2.24, 2.45) is 15.9 Å². The Hall–Kier alpha value is -0.790. The molecule has 0 saturated carbocycles. The first-order valence-corrected chi connectivity index (χ1v) is 13.3. The van der Waals surface area contributed by atoms with E-state index in [0.29, 0.717) is 0 Å². The molecule has 2 nitrogen and oxygen atoms in total. The fraction of sp³-hybridized carbons (Fsp3) is 0.889. The average molecular weight is 404 g/mol. The maximum atomic E-state index is 4.28. The van der Waals surface area contributed by atoms with Gasteiger partial charge in [-0.25, -0.2) is 0 Å². The third-order valence-corrected chi connectivity index (χ3v) is 6.46. The van der Waals surface area contributed by atoms with Crippen LogP contribution in [0.2, 0.25) is 0 Å². The SMILES string of the molecule is CCCCCCCCCCCCCC(CCCCC)CCCCC[C+]1N=CC=N1. The summed E-state index contributed by atoms with van der Waals surface area (Å²) in [5.41, 5.74) is 0.